The van der Waals surface area contributed by atoms with Crippen LogP contribution in [0.1, 0.15) is 25.2 Å². The Morgan fingerprint density at radius 2 is 1.73 bits per heavy atom. The summed E-state index contributed by atoms with van der Waals surface area (Å²) < 4.78 is 13.2. The van der Waals surface area contributed by atoms with E-state index in [1.54, 1.807) is 24.9 Å². The van der Waals surface area contributed by atoms with Crippen LogP contribution in [-0.4, -0.2) is 52.4 Å². The number of nitrogens with zero attached hydrogens (tertiary/aromatic N) is 4. The Balaban J connectivity index is 0. The predicted molar refractivity (Wildman–Crippen MR) is 102 cm³/mol. The quantitative estimate of drug-likeness (QED) is 0.473. The first kappa shape index (κ1) is 26.2. The van der Waals surface area contributed by atoms with Gasteiger partial charge in [-0.3, -0.25) is 25.4 Å². The van der Waals surface area contributed by atoms with Gasteiger partial charge in [0, 0.05) is 53.3 Å². The van der Waals surface area contributed by atoms with Crippen molar-refractivity contribution in [3.05, 3.63) is 35.9 Å². The summed E-state index contributed by atoms with van der Waals surface area (Å²) in [4.78, 5) is 10.7. The van der Waals surface area contributed by atoms with E-state index in [1.165, 1.54) is 26.8 Å². The Hall–Kier alpha value is -2.07. The summed E-state index contributed by atoms with van der Waals surface area (Å²) >= 11 is 0. The van der Waals surface area contributed by atoms with E-state index in [1.807, 2.05) is 51.0 Å². The lowest BCUT2D eigenvalue weighted by Crippen LogP contribution is -2.37. The second-order valence-electron chi connectivity index (χ2n) is 5.43. The fourth-order valence-electron chi connectivity index (χ4n) is 1.34. The fraction of sp³-hybridized carbons (Fsp3) is 0.588. The molecule has 2 aromatic heterocycles. The number of nitrogens with two attached hydrogens (primary N) is 1. The molecule has 9 heteroatoms. The number of carbonyl (C=O) groups excluding carboxylic acids is 1. The number of rotatable bonds is 3. The van der Waals surface area contributed by atoms with Crippen LogP contribution in [0, 0.1) is 13.8 Å². The Labute approximate surface area is 156 Å². The van der Waals surface area contributed by atoms with E-state index in [0.717, 1.165) is 5.69 Å². The van der Waals surface area contributed by atoms with Crippen molar-refractivity contribution in [3.63, 3.8) is 0 Å². The Bertz CT molecular complexity index is 572. The summed E-state index contributed by atoms with van der Waals surface area (Å²) in [5.41, 5.74) is 4.52. The molecule has 2 heterocycles. The van der Waals surface area contributed by atoms with E-state index in [9.17, 15) is 4.79 Å². The lowest BCUT2D eigenvalue weighted by Gasteiger charge is -2.22. The van der Waals surface area contributed by atoms with Crippen LogP contribution in [0.4, 0.5) is 0 Å². The molecule has 0 atom stereocenters. The van der Waals surface area contributed by atoms with Crippen LogP contribution in [-0.2, 0) is 28.4 Å². The molecule has 0 aromatic carbocycles. The van der Waals surface area contributed by atoms with Crippen molar-refractivity contribution in [2.75, 3.05) is 21.3 Å². The molecular formula is C17H34N6O3. The number of carbonyl (C=O) groups is 1. The summed E-state index contributed by atoms with van der Waals surface area (Å²) in [5, 5.41) is 7.96. The van der Waals surface area contributed by atoms with E-state index < -0.39 is 5.79 Å². The number of aromatic nitrogens is 4. The van der Waals surface area contributed by atoms with Crippen LogP contribution in [0.3, 0.4) is 0 Å². The van der Waals surface area contributed by atoms with Gasteiger partial charge in [0.05, 0.1) is 5.69 Å². The van der Waals surface area contributed by atoms with Gasteiger partial charge in [0.25, 0.3) is 0 Å². The Morgan fingerprint density at radius 3 is 1.81 bits per heavy atom. The topological polar surface area (TPSA) is 109 Å². The lowest BCUT2D eigenvalue weighted by atomic mass is 10.2. The van der Waals surface area contributed by atoms with Gasteiger partial charge in [-0.2, -0.15) is 10.2 Å². The zero-order valence-electron chi connectivity index (χ0n) is 17.4. The largest absolute Gasteiger partial charge is 0.347 e. The SMILES string of the molecule is CNN.COC(C)(OC)C(C)=O.Cc1ccn(C)n1.Cc1ccnn1C. The zero-order valence-corrected chi connectivity index (χ0v) is 17.4. The van der Waals surface area contributed by atoms with Crippen molar-refractivity contribution in [3.8, 4) is 0 Å². The number of nitrogens with one attached hydrogen (secondary N) is 1. The first-order chi connectivity index (χ1) is 12.1. The minimum Gasteiger partial charge on any atom is -0.347 e. The third kappa shape index (κ3) is 11.5. The molecule has 3 N–H and O–H groups in total. The van der Waals surface area contributed by atoms with E-state index >= 15 is 0 Å². The highest BCUT2D eigenvalue weighted by Crippen LogP contribution is 2.09. The van der Waals surface area contributed by atoms with Gasteiger partial charge in [0.15, 0.2) is 5.78 Å². The second kappa shape index (κ2) is 14.1. The number of ether oxygens (including phenoxy) is 2. The van der Waals surface area contributed by atoms with Gasteiger partial charge in [-0.25, -0.2) is 0 Å². The maximum atomic E-state index is 10.7. The summed E-state index contributed by atoms with van der Waals surface area (Å²) in [6.07, 6.45) is 3.71. The average Bonchev–Trinajstić information content (AvgIpc) is 3.15. The van der Waals surface area contributed by atoms with Gasteiger partial charge in [-0.05, 0) is 40.0 Å². The van der Waals surface area contributed by atoms with Gasteiger partial charge in [-0.15, -0.1) is 0 Å². The predicted octanol–water partition coefficient (Wildman–Crippen LogP) is 1.12. The van der Waals surface area contributed by atoms with Crippen molar-refractivity contribution >= 4 is 5.78 Å². The molecule has 0 fully saturated rings. The molecular weight excluding hydrogens is 336 g/mol. The Morgan fingerprint density at radius 1 is 1.23 bits per heavy atom. The number of hydrogen-bond donors (Lipinski definition) is 2. The van der Waals surface area contributed by atoms with Crippen LogP contribution in [0.5, 0.6) is 0 Å². The third-order valence-electron chi connectivity index (χ3n) is 3.33. The minimum atomic E-state index is -1.06. The molecule has 0 unspecified atom stereocenters. The zero-order chi connectivity index (χ0) is 20.8. The summed E-state index contributed by atoms with van der Waals surface area (Å²) in [6.45, 7) is 7.00. The number of aryl methyl sites for hydroxylation is 4. The molecule has 0 aliphatic heterocycles. The molecule has 9 nitrogen and oxygen atoms in total. The first-order valence-electron chi connectivity index (χ1n) is 7.97. The van der Waals surface area contributed by atoms with Crippen LogP contribution in [0.25, 0.3) is 0 Å². The van der Waals surface area contributed by atoms with Gasteiger partial charge in [0.2, 0.25) is 5.79 Å². The van der Waals surface area contributed by atoms with Crippen molar-refractivity contribution < 1.29 is 14.3 Å². The average molecular weight is 370 g/mol. The highest BCUT2D eigenvalue weighted by Gasteiger charge is 2.28. The third-order valence-corrected chi connectivity index (χ3v) is 3.33. The van der Waals surface area contributed by atoms with Crippen LogP contribution in [0.2, 0.25) is 0 Å². The monoisotopic (exact) mass is 370 g/mol. The van der Waals surface area contributed by atoms with Crippen LogP contribution >= 0.6 is 0 Å². The normalized spacial score (nSPS) is 9.77. The van der Waals surface area contributed by atoms with Gasteiger partial charge >= 0.3 is 0 Å². The van der Waals surface area contributed by atoms with E-state index in [0.29, 0.717) is 0 Å². The molecule has 0 saturated carbocycles. The second-order valence-corrected chi connectivity index (χ2v) is 5.43. The van der Waals surface area contributed by atoms with E-state index in [2.05, 4.69) is 21.5 Å². The van der Waals surface area contributed by atoms with Crippen molar-refractivity contribution in [1.29, 1.82) is 0 Å². The van der Waals surface area contributed by atoms with Crippen molar-refractivity contribution in [1.82, 2.24) is 25.0 Å². The van der Waals surface area contributed by atoms with Crippen LogP contribution in [0.15, 0.2) is 24.5 Å². The molecule has 0 bridgehead atoms. The minimum absolute atomic E-state index is 0.132. The number of methoxy groups -OCH3 is 2. The van der Waals surface area contributed by atoms with Gasteiger partial charge in [-0.1, -0.05) is 0 Å². The molecule has 150 valence electrons. The molecule has 0 aliphatic carbocycles. The highest BCUT2D eigenvalue weighted by atomic mass is 16.7. The molecule has 26 heavy (non-hydrogen) atoms. The molecule has 0 spiro atoms. The van der Waals surface area contributed by atoms with Gasteiger partial charge in [0.1, 0.15) is 0 Å². The number of hydrogen-bond acceptors (Lipinski definition) is 7. The maximum absolute atomic E-state index is 10.7. The molecule has 0 radical (unpaired) electrons. The molecule has 2 aromatic rings. The number of ketones is 1. The first-order valence-corrected chi connectivity index (χ1v) is 7.97. The summed E-state index contributed by atoms with van der Waals surface area (Å²) in [5.74, 6) is 3.41. The molecule has 0 saturated heterocycles. The van der Waals surface area contributed by atoms with Crippen molar-refractivity contribution in [2.24, 2.45) is 19.9 Å². The van der Waals surface area contributed by atoms with Crippen LogP contribution < -0.4 is 11.3 Å². The number of hydrazine groups is 1. The molecule has 0 aliphatic rings. The van der Waals surface area contributed by atoms with E-state index in [4.69, 9.17) is 9.47 Å². The maximum Gasteiger partial charge on any atom is 0.225 e. The van der Waals surface area contributed by atoms with E-state index in [-0.39, 0.29) is 5.78 Å². The Kier molecular flexibility index (Phi) is 14.2. The lowest BCUT2D eigenvalue weighted by molar-refractivity contribution is -0.196. The standard InChI is InChI=1S/C6H12O3.2C5H8N2.CH6N2/c1-5(7)6(2,8-3)9-4;1-5-3-4-7(2)6-5;1-5-3-4-6-7(5)2;1-3-2/h1-4H3;2*3-4H,1-2H3;3H,2H2,1H3. The smallest absolute Gasteiger partial charge is 0.225 e. The molecule has 0 amide bonds. The number of Topliss-reactive ketones (excluding diaryl/α,β-unsaturated/α-hetero) is 1. The highest BCUT2D eigenvalue weighted by molar-refractivity contribution is 5.82. The fourth-order valence-corrected chi connectivity index (χ4v) is 1.34. The summed E-state index contributed by atoms with van der Waals surface area (Å²) in [6, 6.07) is 3.94. The van der Waals surface area contributed by atoms with Crippen molar-refractivity contribution in [2.45, 2.75) is 33.5 Å². The molecule has 2 rings (SSSR count). The van der Waals surface area contributed by atoms with Gasteiger partial charge < -0.3 is 9.47 Å². The summed E-state index contributed by atoms with van der Waals surface area (Å²) in [7, 11) is 8.36.